The van der Waals surface area contributed by atoms with E-state index in [0.717, 1.165) is 19.3 Å². The van der Waals surface area contributed by atoms with Gasteiger partial charge in [-0.3, -0.25) is 0 Å². The van der Waals surface area contributed by atoms with Crippen LogP contribution in [-0.4, -0.2) is 22.7 Å². The summed E-state index contributed by atoms with van der Waals surface area (Å²) in [6.07, 6.45) is 4.61. The lowest BCUT2D eigenvalue weighted by atomic mass is 10.2. The Kier molecular flexibility index (Phi) is 5.25. The summed E-state index contributed by atoms with van der Waals surface area (Å²) in [5.41, 5.74) is 0.0888. The second-order valence-corrected chi connectivity index (χ2v) is 4.28. The first-order valence-corrected chi connectivity index (χ1v) is 5.96. The van der Waals surface area contributed by atoms with Crippen molar-refractivity contribution < 1.29 is 14.6 Å². The Labute approximate surface area is 103 Å². The number of pyridine rings is 1. The van der Waals surface area contributed by atoms with E-state index in [1.165, 1.54) is 12.3 Å². The van der Waals surface area contributed by atoms with Crippen LogP contribution < -0.4 is 4.74 Å². The highest BCUT2D eigenvalue weighted by Gasteiger charge is 2.13. The Morgan fingerprint density at radius 2 is 2.31 bits per heavy atom. The molecule has 1 rings (SSSR count). The molecule has 5 heteroatoms. The quantitative estimate of drug-likeness (QED) is 0.817. The molecule has 0 atom stereocenters. The Morgan fingerprint density at radius 3 is 2.94 bits per heavy atom. The van der Waals surface area contributed by atoms with E-state index in [9.17, 15) is 4.79 Å². The smallest absolute Gasteiger partial charge is 0.341 e. The number of carboxylic acids is 1. The van der Waals surface area contributed by atoms with Crippen molar-refractivity contribution in [1.82, 2.24) is 4.98 Å². The van der Waals surface area contributed by atoms with E-state index in [0.29, 0.717) is 11.1 Å². The second kappa shape index (κ2) is 6.48. The molecule has 1 heterocycles. The van der Waals surface area contributed by atoms with E-state index in [4.69, 9.17) is 9.84 Å². The summed E-state index contributed by atoms with van der Waals surface area (Å²) >= 11 is 3.18. The minimum absolute atomic E-state index is 0.0888. The van der Waals surface area contributed by atoms with Gasteiger partial charge in [-0.15, -0.1) is 0 Å². The molecule has 0 saturated carbocycles. The molecular formula is C11H14BrNO3. The first-order valence-electron chi connectivity index (χ1n) is 5.16. The molecule has 0 fully saturated rings. The number of unbranched alkanes of at least 4 members (excludes halogenated alkanes) is 2. The van der Waals surface area contributed by atoms with Gasteiger partial charge in [-0.25, -0.2) is 9.78 Å². The Bertz CT molecular complexity index is 368. The van der Waals surface area contributed by atoms with Crippen LogP contribution >= 0.6 is 15.9 Å². The summed E-state index contributed by atoms with van der Waals surface area (Å²) < 4.78 is 5.97. The van der Waals surface area contributed by atoms with Crippen LogP contribution in [0.25, 0.3) is 0 Å². The molecule has 1 aromatic heterocycles. The fourth-order valence-electron chi connectivity index (χ4n) is 1.22. The zero-order valence-electron chi connectivity index (χ0n) is 9.07. The molecule has 16 heavy (non-hydrogen) atoms. The number of carbonyl (C=O) groups is 1. The van der Waals surface area contributed by atoms with Gasteiger partial charge >= 0.3 is 5.97 Å². The molecule has 0 aliphatic carbocycles. The highest BCUT2D eigenvalue weighted by Crippen LogP contribution is 2.20. The molecule has 0 spiro atoms. The maximum absolute atomic E-state index is 10.9. The molecule has 0 saturated heterocycles. The fourth-order valence-corrected chi connectivity index (χ4v) is 1.55. The number of aromatic carboxylic acids is 1. The van der Waals surface area contributed by atoms with E-state index in [-0.39, 0.29) is 11.4 Å². The van der Waals surface area contributed by atoms with Gasteiger partial charge in [-0.1, -0.05) is 19.8 Å². The number of hydrogen-bond acceptors (Lipinski definition) is 3. The van der Waals surface area contributed by atoms with Crippen LogP contribution in [0.1, 0.15) is 36.5 Å². The molecule has 1 aromatic rings. The molecule has 0 aliphatic heterocycles. The van der Waals surface area contributed by atoms with Crippen LogP contribution in [0.4, 0.5) is 0 Å². The summed E-state index contributed by atoms with van der Waals surface area (Å²) in [5, 5.41) is 8.95. The molecule has 1 N–H and O–H groups in total. The molecule has 0 aliphatic rings. The van der Waals surface area contributed by atoms with Crippen molar-refractivity contribution in [3.8, 4) is 5.88 Å². The van der Waals surface area contributed by atoms with Gasteiger partial charge in [-0.2, -0.15) is 0 Å². The first kappa shape index (κ1) is 13.0. The SMILES string of the molecule is CCCCCOc1ncc(Br)cc1C(=O)O. The van der Waals surface area contributed by atoms with Crippen molar-refractivity contribution in [2.24, 2.45) is 0 Å². The van der Waals surface area contributed by atoms with Gasteiger partial charge in [0.05, 0.1) is 6.61 Å². The number of aromatic nitrogens is 1. The predicted octanol–water partition coefficient (Wildman–Crippen LogP) is 3.11. The minimum atomic E-state index is -1.03. The van der Waals surface area contributed by atoms with Gasteiger partial charge in [0.1, 0.15) is 5.56 Å². The van der Waals surface area contributed by atoms with Crippen molar-refractivity contribution in [2.45, 2.75) is 26.2 Å². The summed E-state index contributed by atoms with van der Waals surface area (Å²) in [7, 11) is 0. The largest absolute Gasteiger partial charge is 0.477 e. The monoisotopic (exact) mass is 287 g/mol. The number of ether oxygens (including phenoxy) is 1. The molecule has 4 nitrogen and oxygen atoms in total. The highest BCUT2D eigenvalue weighted by molar-refractivity contribution is 9.10. The lowest BCUT2D eigenvalue weighted by Crippen LogP contribution is -2.06. The average molecular weight is 288 g/mol. The van der Waals surface area contributed by atoms with Crippen molar-refractivity contribution in [1.29, 1.82) is 0 Å². The first-order chi connectivity index (χ1) is 7.65. The van der Waals surface area contributed by atoms with E-state index >= 15 is 0 Å². The maximum atomic E-state index is 10.9. The van der Waals surface area contributed by atoms with Crippen LogP contribution in [-0.2, 0) is 0 Å². The van der Waals surface area contributed by atoms with Crippen molar-refractivity contribution in [3.05, 3.63) is 22.3 Å². The van der Waals surface area contributed by atoms with Crippen LogP contribution in [0.15, 0.2) is 16.7 Å². The third-order valence-electron chi connectivity index (χ3n) is 2.03. The summed E-state index contributed by atoms with van der Waals surface area (Å²) in [5.74, 6) is -0.842. The minimum Gasteiger partial charge on any atom is -0.477 e. The number of nitrogens with zero attached hydrogens (tertiary/aromatic N) is 1. The molecule has 0 radical (unpaired) electrons. The third-order valence-corrected chi connectivity index (χ3v) is 2.47. The lowest BCUT2D eigenvalue weighted by molar-refractivity contribution is 0.0691. The standard InChI is InChI=1S/C11H14BrNO3/c1-2-3-4-5-16-10-9(11(14)15)6-8(12)7-13-10/h6-7H,2-5H2,1H3,(H,14,15). The van der Waals surface area contributed by atoms with Gasteiger partial charge in [0, 0.05) is 10.7 Å². The normalized spacial score (nSPS) is 10.1. The number of rotatable bonds is 6. The van der Waals surface area contributed by atoms with Crippen molar-refractivity contribution in [3.63, 3.8) is 0 Å². The van der Waals surface area contributed by atoms with Gasteiger partial charge < -0.3 is 9.84 Å². The van der Waals surface area contributed by atoms with Crippen LogP contribution in [0.5, 0.6) is 5.88 Å². The van der Waals surface area contributed by atoms with Crippen molar-refractivity contribution in [2.75, 3.05) is 6.61 Å². The Balaban J connectivity index is 2.67. The zero-order valence-corrected chi connectivity index (χ0v) is 10.7. The molecule has 88 valence electrons. The molecule has 0 aromatic carbocycles. The maximum Gasteiger partial charge on any atom is 0.341 e. The third kappa shape index (κ3) is 3.81. The van der Waals surface area contributed by atoms with Crippen molar-refractivity contribution >= 4 is 21.9 Å². The Morgan fingerprint density at radius 1 is 1.56 bits per heavy atom. The number of hydrogen-bond donors (Lipinski definition) is 1. The molecule has 0 amide bonds. The second-order valence-electron chi connectivity index (χ2n) is 3.37. The Hall–Kier alpha value is -1.10. The number of halogens is 1. The van der Waals surface area contributed by atoms with Crippen LogP contribution in [0, 0.1) is 0 Å². The van der Waals surface area contributed by atoms with E-state index in [2.05, 4.69) is 27.8 Å². The molecular weight excluding hydrogens is 274 g/mol. The highest BCUT2D eigenvalue weighted by atomic mass is 79.9. The van der Waals surface area contributed by atoms with E-state index in [1.807, 2.05) is 0 Å². The average Bonchev–Trinajstić information content (AvgIpc) is 2.26. The molecule has 0 unspecified atom stereocenters. The summed E-state index contributed by atoms with van der Waals surface area (Å²) in [4.78, 5) is 14.9. The summed E-state index contributed by atoms with van der Waals surface area (Å²) in [6.45, 7) is 2.60. The predicted molar refractivity (Wildman–Crippen MR) is 63.9 cm³/mol. The van der Waals surface area contributed by atoms with Gasteiger partial charge in [-0.05, 0) is 28.4 Å². The van der Waals surface area contributed by atoms with Gasteiger partial charge in [0.2, 0.25) is 5.88 Å². The topological polar surface area (TPSA) is 59.4 Å². The number of carboxylic acid groups (broad SMARTS) is 1. The van der Waals surface area contributed by atoms with E-state index in [1.54, 1.807) is 0 Å². The van der Waals surface area contributed by atoms with Crippen LogP contribution in [0.2, 0.25) is 0 Å². The molecule has 0 bridgehead atoms. The van der Waals surface area contributed by atoms with E-state index < -0.39 is 5.97 Å². The lowest BCUT2D eigenvalue weighted by Gasteiger charge is -2.07. The summed E-state index contributed by atoms with van der Waals surface area (Å²) in [6, 6.07) is 1.49. The van der Waals surface area contributed by atoms with Crippen LogP contribution in [0.3, 0.4) is 0 Å². The van der Waals surface area contributed by atoms with Gasteiger partial charge in [0.25, 0.3) is 0 Å². The fraction of sp³-hybridized carbons (Fsp3) is 0.455. The zero-order chi connectivity index (χ0) is 12.0. The van der Waals surface area contributed by atoms with Gasteiger partial charge in [0.15, 0.2) is 0 Å².